The van der Waals surface area contributed by atoms with Crippen molar-refractivity contribution in [3.63, 3.8) is 0 Å². The maximum Gasteiger partial charge on any atom is 0.256 e. The van der Waals surface area contributed by atoms with Crippen molar-refractivity contribution in [2.24, 2.45) is 0 Å². The van der Waals surface area contributed by atoms with Crippen LogP contribution >= 0.6 is 0 Å². The summed E-state index contributed by atoms with van der Waals surface area (Å²) >= 11 is 0. The Balaban J connectivity index is 2.06. The molecule has 3 atom stereocenters. The average Bonchev–Trinajstić information content (AvgIpc) is 2.75. The summed E-state index contributed by atoms with van der Waals surface area (Å²) in [5, 5.41) is 3.09. The maximum absolute atomic E-state index is 14.2. The molecule has 28 heavy (non-hydrogen) atoms. The molecule has 0 saturated heterocycles. The summed E-state index contributed by atoms with van der Waals surface area (Å²) in [7, 11) is -0.143. The number of amides is 1. The van der Waals surface area contributed by atoms with Crippen molar-refractivity contribution in [3.8, 4) is 0 Å². The third kappa shape index (κ3) is 3.82. The molecule has 2 aromatic rings. The van der Waals surface area contributed by atoms with Crippen LogP contribution in [0.15, 0.2) is 41.3 Å². The molecule has 1 aliphatic rings. The van der Waals surface area contributed by atoms with E-state index >= 15 is 0 Å². The molecule has 0 radical (unpaired) electrons. The molecule has 1 heterocycles. The average molecular weight is 408 g/mol. The summed E-state index contributed by atoms with van der Waals surface area (Å²) in [6, 6.07) is 5.66. The SMILES string of the molecule is CC(Nc1ccc(F)cc1S(C)=O)c1cc(F)cc2c1C=CC(F)N(C)C2=O. The standard InChI is InChI=1S/C20H19F3N2O2S/c1-11(24-17-6-4-12(21)10-18(17)28(3)27)15-8-13(22)9-16-14(15)5-7-19(23)25(2)20(16)26/h4-11,19,24H,1-3H3. The number of nitrogens with zero attached hydrogens (tertiary/aromatic N) is 1. The van der Waals surface area contributed by atoms with E-state index in [4.69, 9.17) is 0 Å². The minimum absolute atomic E-state index is 0.0564. The molecule has 3 rings (SSSR count). The first kappa shape index (κ1) is 20.1. The fourth-order valence-corrected chi connectivity index (χ4v) is 3.85. The number of hydrogen-bond acceptors (Lipinski definition) is 3. The summed E-state index contributed by atoms with van der Waals surface area (Å²) in [5.41, 5.74) is 1.32. The highest BCUT2D eigenvalue weighted by atomic mass is 32.2. The van der Waals surface area contributed by atoms with E-state index in [1.54, 1.807) is 6.92 Å². The molecule has 0 saturated carbocycles. The molecule has 1 N–H and O–H groups in total. The van der Waals surface area contributed by atoms with Gasteiger partial charge in [0.25, 0.3) is 5.91 Å². The van der Waals surface area contributed by atoms with Crippen molar-refractivity contribution in [2.75, 3.05) is 18.6 Å². The number of nitrogens with one attached hydrogen (secondary N) is 1. The van der Waals surface area contributed by atoms with Crippen molar-refractivity contribution in [1.82, 2.24) is 4.90 Å². The third-order valence-electron chi connectivity index (χ3n) is 4.61. The monoisotopic (exact) mass is 408 g/mol. The lowest BCUT2D eigenvalue weighted by molar-refractivity contribution is 0.0647. The van der Waals surface area contributed by atoms with Gasteiger partial charge >= 0.3 is 0 Å². The van der Waals surface area contributed by atoms with Crippen LogP contribution in [0.5, 0.6) is 0 Å². The highest BCUT2D eigenvalue weighted by Crippen LogP contribution is 2.32. The van der Waals surface area contributed by atoms with Gasteiger partial charge in [-0.2, -0.15) is 0 Å². The van der Waals surface area contributed by atoms with Gasteiger partial charge < -0.3 is 10.2 Å². The number of benzene rings is 2. The zero-order chi connectivity index (χ0) is 20.6. The topological polar surface area (TPSA) is 49.4 Å². The first-order chi connectivity index (χ1) is 13.2. The Morgan fingerprint density at radius 3 is 2.57 bits per heavy atom. The van der Waals surface area contributed by atoms with E-state index in [-0.39, 0.29) is 10.5 Å². The molecular formula is C20H19F3N2O2S. The third-order valence-corrected chi connectivity index (χ3v) is 5.57. The van der Waals surface area contributed by atoms with Crippen LogP contribution in [-0.2, 0) is 10.8 Å². The molecule has 2 aromatic carbocycles. The second-order valence-corrected chi connectivity index (χ2v) is 7.91. The number of carbonyl (C=O) groups excluding carboxylic acids is 1. The van der Waals surface area contributed by atoms with E-state index < -0.39 is 40.7 Å². The Kier molecular flexibility index (Phi) is 5.60. The van der Waals surface area contributed by atoms with Crippen LogP contribution in [0, 0.1) is 11.6 Å². The van der Waals surface area contributed by atoms with Crippen LogP contribution < -0.4 is 5.32 Å². The normalized spacial score (nSPS) is 18.4. The van der Waals surface area contributed by atoms with E-state index in [0.717, 1.165) is 11.0 Å². The van der Waals surface area contributed by atoms with Crippen LogP contribution in [0.3, 0.4) is 0 Å². The number of anilines is 1. The van der Waals surface area contributed by atoms with E-state index in [2.05, 4.69) is 5.32 Å². The van der Waals surface area contributed by atoms with Gasteiger partial charge in [-0.05, 0) is 54.5 Å². The largest absolute Gasteiger partial charge is 0.378 e. The van der Waals surface area contributed by atoms with E-state index in [1.807, 2.05) is 0 Å². The highest BCUT2D eigenvalue weighted by Gasteiger charge is 2.27. The van der Waals surface area contributed by atoms with Crippen LogP contribution in [0.2, 0.25) is 0 Å². The van der Waals surface area contributed by atoms with Crippen molar-refractivity contribution < 1.29 is 22.2 Å². The van der Waals surface area contributed by atoms with E-state index in [0.29, 0.717) is 16.8 Å². The Morgan fingerprint density at radius 1 is 1.18 bits per heavy atom. The molecule has 0 aliphatic carbocycles. The fourth-order valence-electron chi connectivity index (χ4n) is 3.13. The van der Waals surface area contributed by atoms with Crippen LogP contribution in [0.1, 0.15) is 34.5 Å². The van der Waals surface area contributed by atoms with Crippen LogP contribution in [0.25, 0.3) is 6.08 Å². The van der Waals surface area contributed by atoms with Crippen LogP contribution in [0.4, 0.5) is 18.9 Å². The zero-order valence-corrected chi connectivity index (χ0v) is 16.3. The Morgan fingerprint density at radius 2 is 1.89 bits per heavy atom. The zero-order valence-electron chi connectivity index (χ0n) is 15.5. The molecule has 0 spiro atoms. The Hall–Kier alpha value is -2.61. The van der Waals surface area contributed by atoms with Crippen molar-refractivity contribution >= 4 is 28.5 Å². The molecule has 0 bridgehead atoms. The van der Waals surface area contributed by atoms with Crippen molar-refractivity contribution in [1.29, 1.82) is 0 Å². The highest BCUT2D eigenvalue weighted by molar-refractivity contribution is 7.84. The van der Waals surface area contributed by atoms with Gasteiger partial charge in [-0.15, -0.1) is 0 Å². The first-order valence-electron chi connectivity index (χ1n) is 8.51. The molecule has 3 unspecified atom stereocenters. The van der Waals surface area contributed by atoms with Gasteiger partial charge in [0.15, 0.2) is 6.30 Å². The van der Waals surface area contributed by atoms with E-state index in [9.17, 15) is 22.2 Å². The Bertz CT molecular complexity index is 994. The molecule has 4 nitrogen and oxygen atoms in total. The van der Waals surface area contributed by atoms with Gasteiger partial charge in [-0.1, -0.05) is 6.08 Å². The predicted molar refractivity (Wildman–Crippen MR) is 103 cm³/mol. The lowest BCUT2D eigenvalue weighted by Gasteiger charge is -2.22. The number of carbonyl (C=O) groups is 1. The van der Waals surface area contributed by atoms with Gasteiger partial charge in [0.2, 0.25) is 0 Å². The molecule has 1 aliphatic heterocycles. The lowest BCUT2D eigenvalue weighted by Crippen LogP contribution is -2.32. The van der Waals surface area contributed by atoms with E-state index in [1.165, 1.54) is 49.7 Å². The molecule has 1 amide bonds. The fraction of sp³-hybridized carbons (Fsp3) is 0.250. The van der Waals surface area contributed by atoms with Gasteiger partial charge in [0.05, 0.1) is 26.9 Å². The molecule has 0 aromatic heterocycles. The molecular weight excluding hydrogens is 389 g/mol. The predicted octanol–water partition coefficient (Wildman–Crippen LogP) is 4.27. The van der Waals surface area contributed by atoms with Gasteiger partial charge in [0, 0.05) is 19.3 Å². The number of halogens is 3. The molecule has 148 valence electrons. The minimum atomic E-state index is -1.62. The number of likely N-dealkylation sites (N-methyl/N-ethyl adjacent to an activating group) is 1. The van der Waals surface area contributed by atoms with Crippen molar-refractivity contribution in [2.45, 2.75) is 24.2 Å². The minimum Gasteiger partial charge on any atom is -0.378 e. The Labute approximate surface area is 163 Å². The second kappa shape index (κ2) is 7.79. The molecule has 0 fully saturated rings. The number of fused-ring (bicyclic) bond motifs is 1. The van der Waals surface area contributed by atoms with Crippen molar-refractivity contribution in [3.05, 3.63) is 64.7 Å². The van der Waals surface area contributed by atoms with Gasteiger partial charge in [-0.25, -0.2) is 13.2 Å². The summed E-state index contributed by atoms with van der Waals surface area (Å²) in [4.78, 5) is 13.6. The second-order valence-electron chi connectivity index (χ2n) is 6.56. The summed E-state index contributed by atoms with van der Waals surface area (Å²) in [6.45, 7) is 1.72. The van der Waals surface area contributed by atoms with Gasteiger partial charge in [0.1, 0.15) is 11.6 Å². The molecule has 8 heteroatoms. The quantitative estimate of drug-likeness (QED) is 0.769. The van der Waals surface area contributed by atoms with Crippen LogP contribution in [-0.4, -0.2) is 34.6 Å². The number of alkyl halides is 1. The smallest absolute Gasteiger partial charge is 0.256 e. The summed E-state index contributed by atoms with van der Waals surface area (Å²) in [5.74, 6) is -1.78. The van der Waals surface area contributed by atoms with Gasteiger partial charge in [-0.3, -0.25) is 9.00 Å². The lowest BCUT2D eigenvalue weighted by atomic mass is 9.95. The first-order valence-corrected chi connectivity index (χ1v) is 10.1. The summed E-state index contributed by atoms with van der Waals surface area (Å²) in [6.07, 6.45) is 2.49. The number of hydrogen-bond donors (Lipinski definition) is 1. The maximum atomic E-state index is 14.2. The summed E-state index contributed by atoms with van der Waals surface area (Å²) < 4.78 is 53.7. The number of rotatable bonds is 4.